The number of aromatic amines is 1. The summed E-state index contributed by atoms with van der Waals surface area (Å²) >= 11 is 0. The van der Waals surface area contributed by atoms with E-state index < -0.39 is 0 Å². The zero-order valence-corrected chi connectivity index (χ0v) is 15.9. The number of pyridine rings is 2. The number of ether oxygens (including phenoxy) is 2. The molecule has 0 unspecified atom stereocenters. The van der Waals surface area contributed by atoms with Crippen molar-refractivity contribution in [3.8, 4) is 0 Å². The third kappa shape index (κ3) is 4.19. The van der Waals surface area contributed by atoms with Crippen molar-refractivity contribution in [3.05, 3.63) is 29.8 Å². The topological polar surface area (TPSA) is 72.9 Å². The van der Waals surface area contributed by atoms with E-state index in [9.17, 15) is 0 Å². The van der Waals surface area contributed by atoms with Gasteiger partial charge in [0.25, 0.3) is 0 Å². The van der Waals surface area contributed by atoms with E-state index in [1.54, 1.807) is 6.20 Å². The predicted molar refractivity (Wildman–Crippen MR) is 103 cm³/mol. The fourth-order valence-corrected chi connectivity index (χ4v) is 3.23. The Kier molecular flexibility index (Phi) is 6.52. The SMILES string of the molecule is CCCc1nc2c(CCCC(OCC)OCC)nc3cccnc3c2[nH]1. The zero-order chi connectivity index (χ0) is 18.4. The van der Waals surface area contributed by atoms with E-state index in [1.807, 2.05) is 26.0 Å². The van der Waals surface area contributed by atoms with Gasteiger partial charge in [0.05, 0.1) is 16.7 Å². The van der Waals surface area contributed by atoms with Crippen LogP contribution < -0.4 is 0 Å². The highest BCUT2D eigenvalue weighted by molar-refractivity contribution is 6.00. The minimum Gasteiger partial charge on any atom is -0.353 e. The number of H-pyrrole nitrogens is 1. The molecule has 3 aromatic rings. The second kappa shape index (κ2) is 9.05. The normalized spacial score (nSPS) is 11.8. The first-order valence-corrected chi connectivity index (χ1v) is 9.62. The highest BCUT2D eigenvalue weighted by Crippen LogP contribution is 2.25. The Morgan fingerprint density at radius 2 is 1.85 bits per heavy atom. The van der Waals surface area contributed by atoms with Gasteiger partial charge in [-0.25, -0.2) is 9.97 Å². The van der Waals surface area contributed by atoms with Crippen LogP contribution in [0.15, 0.2) is 18.3 Å². The van der Waals surface area contributed by atoms with Crippen molar-refractivity contribution in [2.24, 2.45) is 0 Å². The molecule has 3 aromatic heterocycles. The lowest BCUT2D eigenvalue weighted by Crippen LogP contribution is -2.17. The molecule has 0 bridgehead atoms. The van der Waals surface area contributed by atoms with Crippen LogP contribution in [0.2, 0.25) is 0 Å². The van der Waals surface area contributed by atoms with Gasteiger partial charge in [-0.05, 0) is 51.7 Å². The molecule has 0 aliphatic heterocycles. The van der Waals surface area contributed by atoms with Gasteiger partial charge in [-0.3, -0.25) is 4.98 Å². The molecular formula is C20H28N4O2. The fourth-order valence-electron chi connectivity index (χ4n) is 3.23. The minimum atomic E-state index is -0.141. The van der Waals surface area contributed by atoms with Gasteiger partial charge in [0.2, 0.25) is 0 Å². The Bertz CT molecular complexity index is 840. The van der Waals surface area contributed by atoms with Crippen LogP contribution in [-0.4, -0.2) is 39.4 Å². The highest BCUT2D eigenvalue weighted by atomic mass is 16.7. The van der Waals surface area contributed by atoms with E-state index in [1.165, 1.54) is 0 Å². The summed E-state index contributed by atoms with van der Waals surface area (Å²) in [6, 6.07) is 3.93. The average molecular weight is 356 g/mol. The van der Waals surface area contributed by atoms with Gasteiger partial charge in [0.15, 0.2) is 6.29 Å². The van der Waals surface area contributed by atoms with E-state index in [2.05, 4.69) is 16.9 Å². The minimum absolute atomic E-state index is 0.141. The van der Waals surface area contributed by atoms with Crippen LogP contribution in [0.5, 0.6) is 0 Å². The summed E-state index contributed by atoms with van der Waals surface area (Å²) in [5, 5.41) is 0. The Morgan fingerprint density at radius 1 is 1.04 bits per heavy atom. The van der Waals surface area contributed by atoms with Gasteiger partial charge in [-0.2, -0.15) is 0 Å². The number of hydrogen-bond acceptors (Lipinski definition) is 5. The van der Waals surface area contributed by atoms with Gasteiger partial charge in [-0.1, -0.05) is 6.92 Å². The van der Waals surface area contributed by atoms with E-state index in [0.29, 0.717) is 13.2 Å². The molecule has 0 saturated heterocycles. The van der Waals surface area contributed by atoms with Crippen LogP contribution in [0.3, 0.4) is 0 Å². The molecule has 0 aromatic carbocycles. The van der Waals surface area contributed by atoms with Crippen LogP contribution in [0.4, 0.5) is 0 Å². The molecule has 0 atom stereocenters. The molecule has 1 N–H and O–H groups in total. The summed E-state index contributed by atoms with van der Waals surface area (Å²) in [5.41, 5.74) is 4.77. The number of hydrogen-bond donors (Lipinski definition) is 1. The molecule has 0 saturated carbocycles. The van der Waals surface area contributed by atoms with E-state index >= 15 is 0 Å². The van der Waals surface area contributed by atoms with Gasteiger partial charge in [0.1, 0.15) is 16.9 Å². The van der Waals surface area contributed by atoms with Gasteiger partial charge in [-0.15, -0.1) is 0 Å². The molecule has 0 radical (unpaired) electrons. The van der Waals surface area contributed by atoms with E-state index in [-0.39, 0.29) is 6.29 Å². The lowest BCUT2D eigenvalue weighted by atomic mass is 10.1. The van der Waals surface area contributed by atoms with Crippen molar-refractivity contribution in [3.63, 3.8) is 0 Å². The summed E-state index contributed by atoms with van der Waals surface area (Å²) in [6.07, 6.45) is 6.28. The largest absolute Gasteiger partial charge is 0.353 e. The number of nitrogens with one attached hydrogen (secondary N) is 1. The van der Waals surface area contributed by atoms with Crippen molar-refractivity contribution in [1.82, 2.24) is 19.9 Å². The lowest BCUT2D eigenvalue weighted by molar-refractivity contribution is -0.140. The molecule has 0 aliphatic carbocycles. The molecule has 140 valence electrons. The summed E-state index contributed by atoms with van der Waals surface area (Å²) in [6.45, 7) is 7.46. The van der Waals surface area contributed by atoms with E-state index in [0.717, 1.165) is 65.7 Å². The maximum atomic E-state index is 5.64. The number of aromatic nitrogens is 4. The van der Waals surface area contributed by atoms with Crippen molar-refractivity contribution in [2.75, 3.05) is 13.2 Å². The maximum absolute atomic E-state index is 5.64. The standard InChI is InChI=1S/C20H28N4O2/c1-4-9-16-23-19-15(10-7-12-17(25-5-2)26-6-3)22-14-11-8-13-21-18(14)20(19)24-16/h8,11,13,17H,4-7,9-10,12H2,1-3H3,(H,23,24). The molecule has 0 spiro atoms. The number of nitrogens with zero attached hydrogens (tertiary/aromatic N) is 3. The summed E-state index contributed by atoms with van der Waals surface area (Å²) in [7, 11) is 0. The molecule has 3 rings (SSSR count). The Morgan fingerprint density at radius 3 is 2.58 bits per heavy atom. The van der Waals surface area contributed by atoms with Crippen LogP contribution in [-0.2, 0) is 22.3 Å². The third-order valence-electron chi connectivity index (χ3n) is 4.35. The van der Waals surface area contributed by atoms with Crippen LogP contribution in [0.25, 0.3) is 22.1 Å². The second-order valence-corrected chi connectivity index (χ2v) is 6.32. The fraction of sp³-hybridized carbons (Fsp3) is 0.550. The Labute approximate surface area is 154 Å². The first-order chi connectivity index (χ1) is 12.8. The molecule has 3 heterocycles. The van der Waals surface area contributed by atoms with Gasteiger partial charge >= 0.3 is 0 Å². The van der Waals surface area contributed by atoms with Crippen LogP contribution >= 0.6 is 0 Å². The Balaban J connectivity index is 1.86. The van der Waals surface area contributed by atoms with Crippen molar-refractivity contribution in [1.29, 1.82) is 0 Å². The van der Waals surface area contributed by atoms with Crippen molar-refractivity contribution >= 4 is 22.1 Å². The van der Waals surface area contributed by atoms with Crippen molar-refractivity contribution < 1.29 is 9.47 Å². The van der Waals surface area contributed by atoms with Crippen LogP contribution in [0.1, 0.15) is 51.6 Å². The molecule has 0 aliphatic rings. The summed E-state index contributed by atoms with van der Waals surface area (Å²) in [4.78, 5) is 17.6. The number of aryl methyl sites for hydroxylation is 2. The highest BCUT2D eigenvalue weighted by Gasteiger charge is 2.15. The summed E-state index contributed by atoms with van der Waals surface area (Å²) < 4.78 is 11.3. The molecule has 0 amide bonds. The Hall–Kier alpha value is -2.05. The monoisotopic (exact) mass is 356 g/mol. The molecular weight excluding hydrogens is 328 g/mol. The first kappa shape index (κ1) is 18.7. The number of rotatable bonds is 10. The molecule has 6 heteroatoms. The average Bonchev–Trinajstić information content (AvgIpc) is 3.07. The maximum Gasteiger partial charge on any atom is 0.157 e. The molecule has 6 nitrogen and oxygen atoms in total. The zero-order valence-electron chi connectivity index (χ0n) is 15.9. The molecule has 0 fully saturated rings. The summed E-state index contributed by atoms with van der Waals surface area (Å²) in [5.74, 6) is 1.00. The smallest absolute Gasteiger partial charge is 0.157 e. The predicted octanol–water partition coefficient (Wildman–Crippen LogP) is 4.18. The lowest BCUT2D eigenvalue weighted by Gasteiger charge is -2.16. The second-order valence-electron chi connectivity index (χ2n) is 6.32. The van der Waals surface area contributed by atoms with Crippen molar-refractivity contribution in [2.45, 2.75) is 59.2 Å². The quantitative estimate of drug-likeness (QED) is 0.552. The first-order valence-electron chi connectivity index (χ1n) is 9.62. The number of imidazole rings is 1. The molecule has 26 heavy (non-hydrogen) atoms. The third-order valence-corrected chi connectivity index (χ3v) is 4.35. The van der Waals surface area contributed by atoms with Gasteiger partial charge < -0.3 is 14.5 Å². The van der Waals surface area contributed by atoms with Gasteiger partial charge in [0, 0.05) is 25.8 Å². The van der Waals surface area contributed by atoms with E-state index in [4.69, 9.17) is 19.4 Å². The number of fused-ring (bicyclic) bond motifs is 3. The van der Waals surface area contributed by atoms with Crippen LogP contribution in [0, 0.1) is 0 Å².